The van der Waals surface area contributed by atoms with Gasteiger partial charge in [-0.05, 0) is 42.5 Å². The van der Waals surface area contributed by atoms with Crippen LogP contribution >= 0.6 is 27.7 Å². The van der Waals surface area contributed by atoms with Crippen molar-refractivity contribution in [3.63, 3.8) is 0 Å². The minimum Gasteiger partial charge on any atom is -0.454 e. The fourth-order valence-corrected chi connectivity index (χ4v) is 3.86. The van der Waals surface area contributed by atoms with Gasteiger partial charge in [-0.25, -0.2) is 0 Å². The highest BCUT2D eigenvalue weighted by atomic mass is 79.9. The lowest BCUT2D eigenvalue weighted by Gasteiger charge is -2.11. The highest BCUT2D eigenvalue weighted by molar-refractivity contribution is 9.10. The molecule has 0 atom stereocenters. The van der Waals surface area contributed by atoms with Gasteiger partial charge in [-0.1, -0.05) is 64.1 Å². The van der Waals surface area contributed by atoms with Crippen molar-refractivity contribution in [3.8, 4) is 0 Å². The molecule has 0 unspecified atom stereocenters. The second kappa shape index (κ2) is 11.3. The van der Waals surface area contributed by atoms with Gasteiger partial charge in [0.15, 0.2) is 6.61 Å². The van der Waals surface area contributed by atoms with Gasteiger partial charge in [-0.2, -0.15) is 0 Å². The molecule has 0 aliphatic carbocycles. The Labute approximate surface area is 192 Å². The smallest absolute Gasteiger partial charge is 0.325 e. The van der Waals surface area contributed by atoms with E-state index in [4.69, 9.17) is 4.74 Å². The molecule has 6 nitrogen and oxygen atoms in total. The molecule has 3 rings (SSSR count). The Bertz CT molecular complexity index is 1080. The van der Waals surface area contributed by atoms with E-state index in [1.54, 1.807) is 30.3 Å². The van der Waals surface area contributed by atoms with E-state index in [1.807, 2.05) is 48.5 Å². The standard InChI is InChI=1S/C23H19BrN2O4S/c24-17-8-6-7-16(13-17)23(29)25-14-22(28)30-15-21(27)26-19-11-4-5-12-20(19)31-18-9-2-1-3-10-18/h1-13H,14-15H2,(H,25,29)(H,26,27). The Kier molecular flexibility index (Phi) is 8.26. The highest BCUT2D eigenvalue weighted by Gasteiger charge is 2.12. The predicted molar refractivity (Wildman–Crippen MR) is 123 cm³/mol. The van der Waals surface area contributed by atoms with Gasteiger partial charge in [0.25, 0.3) is 11.8 Å². The van der Waals surface area contributed by atoms with Crippen LogP contribution in [0.4, 0.5) is 5.69 Å². The molecule has 3 aromatic carbocycles. The molecule has 3 aromatic rings. The summed E-state index contributed by atoms with van der Waals surface area (Å²) in [5.74, 6) is -1.58. The number of amides is 2. The Morgan fingerprint density at radius 1 is 0.903 bits per heavy atom. The minimum atomic E-state index is -0.703. The third-order valence-corrected chi connectivity index (χ3v) is 5.55. The molecule has 0 heterocycles. The third kappa shape index (κ3) is 7.27. The van der Waals surface area contributed by atoms with Crippen LogP contribution in [-0.4, -0.2) is 30.9 Å². The molecule has 0 fully saturated rings. The molecule has 0 aromatic heterocycles. The topological polar surface area (TPSA) is 84.5 Å². The molecule has 0 radical (unpaired) electrons. The molecular weight excluding hydrogens is 480 g/mol. The van der Waals surface area contributed by atoms with Crippen LogP contribution in [0.5, 0.6) is 0 Å². The van der Waals surface area contributed by atoms with Crippen molar-refractivity contribution in [2.75, 3.05) is 18.5 Å². The van der Waals surface area contributed by atoms with Gasteiger partial charge in [-0.15, -0.1) is 0 Å². The van der Waals surface area contributed by atoms with Gasteiger partial charge < -0.3 is 15.4 Å². The van der Waals surface area contributed by atoms with Crippen LogP contribution < -0.4 is 10.6 Å². The zero-order chi connectivity index (χ0) is 22.1. The maximum atomic E-state index is 12.2. The van der Waals surface area contributed by atoms with Crippen LogP contribution in [0.15, 0.2) is 93.1 Å². The fourth-order valence-electron chi connectivity index (χ4n) is 2.54. The first-order valence-corrected chi connectivity index (χ1v) is 10.9. The van der Waals surface area contributed by atoms with Crippen molar-refractivity contribution < 1.29 is 19.1 Å². The number of esters is 1. The summed E-state index contributed by atoms with van der Waals surface area (Å²) < 4.78 is 5.72. The number of hydrogen-bond acceptors (Lipinski definition) is 5. The Morgan fingerprint density at radius 3 is 2.42 bits per heavy atom. The molecule has 0 saturated heterocycles. The number of ether oxygens (including phenoxy) is 1. The number of nitrogens with one attached hydrogen (secondary N) is 2. The van der Waals surface area contributed by atoms with E-state index < -0.39 is 24.4 Å². The predicted octanol–water partition coefficient (Wildman–Crippen LogP) is 4.51. The van der Waals surface area contributed by atoms with Crippen LogP contribution in [0, 0.1) is 0 Å². The minimum absolute atomic E-state index is 0.334. The van der Waals surface area contributed by atoms with Gasteiger partial charge >= 0.3 is 5.97 Å². The van der Waals surface area contributed by atoms with Crippen LogP contribution in [0.1, 0.15) is 10.4 Å². The van der Waals surface area contributed by atoms with Crippen LogP contribution in [0.3, 0.4) is 0 Å². The average Bonchev–Trinajstić information content (AvgIpc) is 2.78. The van der Waals surface area contributed by atoms with Crippen LogP contribution in [0.25, 0.3) is 0 Å². The second-order valence-corrected chi connectivity index (χ2v) is 8.34. The largest absolute Gasteiger partial charge is 0.454 e. The van der Waals surface area contributed by atoms with Crippen LogP contribution in [0.2, 0.25) is 0 Å². The van der Waals surface area contributed by atoms with Gasteiger partial charge in [0.05, 0.1) is 5.69 Å². The zero-order valence-electron chi connectivity index (χ0n) is 16.3. The summed E-state index contributed by atoms with van der Waals surface area (Å²) in [6.07, 6.45) is 0. The second-order valence-electron chi connectivity index (χ2n) is 6.31. The van der Waals surface area contributed by atoms with E-state index in [0.29, 0.717) is 11.3 Å². The first kappa shape index (κ1) is 22.6. The first-order valence-electron chi connectivity index (χ1n) is 9.32. The lowest BCUT2D eigenvalue weighted by atomic mass is 10.2. The zero-order valence-corrected chi connectivity index (χ0v) is 18.7. The number of benzene rings is 3. The van der Waals surface area contributed by atoms with Crippen molar-refractivity contribution in [3.05, 3.63) is 88.9 Å². The summed E-state index contributed by atoms with van der Waals surface area (Å²) in [4.78, 5) is 38.1. The fraction of sp³-hybridized carbons (Fsp3) is 0.0870. The van der Waals surface area contributed by atoms with Gasteiger partial charge in [0, 0.05) is 19.8 Å². The molecule has 8 heteroatoms. The lowest BCUT2D eigenvalue weighted by Crippen LogP contribution is -2.32. The SMILES string of the molecule is O=C(COC(=O)CNC(=O)c1cccc(Br)c1)Nc1ccccc1Sc1ccccc1. The maximum Gasteiger partial charge on any atom is 0.325 e. The summed E-state index contributed by atoms with van der Waals surface area (Å²) >= 11 is 4.80. The van der Waals surface area contributed by atoms with Crippen molar-refractivity contribution >= 4 is 51.2 Å². The molecule has 0 saturated carbocycles. The molecule has 0 aliphatic heterocycles. The van der Waals surface area contributed by atoms with E-state index in [9.17, 15) is 14.4 Å². The summed E-state index contributed by atoms with van der Waals surface area (Å²) in [5, 5.41) is 5.22. The molecule has 0 spiro atoms. The number of para-hydroxylation sites is 1. The number of rotatable bonds is 8. The molecule has 31 heavy (non-hydrogen) atoms. The van der Waals surface area contributed by atoms with Crippen LogP contribution in [-0.2, 0) is 14.3 Å². The number of carbonyl (C=O) groups excluding carboxylic acids is 3. The van der Waals surface area contributed by atoms with Gasteiger partial charge in [0.2, 0.25) is 0 Å². The van der Waals surface area contributed by atoms with Gasteiger partial charge in [-0.3, -0.25) is 14.4 Å². The van der Waals surface area contributed by atoms with Crippen molar-refractivity contribution in [2.24, 2.45) is 0 Å². The van der Waals surface area contributed by atoms with Crippen molar-refractivity contribution in [2.45, 2.75) is 9.79 Å². The summed E-state index contributed by atoms with van der Waals surface area (Å²) in [6, 6.07) is 23.9. The van der Waals surface area contributed by atoms with E-state index in [1.165, 1.54) is 11.8 Å². The maximum absolute atomic E-state index is 12.2. The molecule has 2 N–H and O–H groups in total. The molecule has 0 aliphatic rings. The molecule has 2 amide bonds. The van der Waals surface area contributed by atoms with Gasteiger partial charge in [0.1, 0.15) is 6.54 Å². The third-order valence-electron chi connectivity index (χ3n) is 3.98. The normalized spacial score (nSPS) is 10.2. The summed E-state index contributed by atoms with van der Waals surface area (Å²) in [5.41, 5.74) is 1.04. The molecular formula is C23H19BrN2O4S. The lowest BCUT2D eigenvalue weighted by molar-refractivity contribution is -0.146. The Hall–Kier alpha value is -3.10. The number of carbonyl (C=O) groups is 3. The van der Waals surface area contributed by atoms with Crippen molar-refractivity contribution in [1.29, 1.82) is 0 Å². The summed E-state index contributed by atoms with van der Waals surface area (Å²) in [7, 11) is 0. The summed E-state index contributed by atoms with van der Waals surface area (Å²) in [6.45, 7) is -0.783. The Balaban J connectivity index is 1.47. The van der Waals surface area contributed by atoms with E-state index in [-0.39, 0.29) is 6.54 Å². The number of anilines is 1. The van der Waals surface area contributed by atoms with E-state index in [0.717, 1.165) is 14.3 Å². The van der Waals surface area contributed by atoms with E-state index in [2.05, 4.69) is 26.6 Å². The molecule has 158 valence electrons. The van der Waals surface area contributed by atoms with E-state index >= 15 is 0 Å². The Morgan fingerprint density at radius 2 is 1.65 bits per heavy atom. The molecule has 0 bridgehead atoms. The first-order chi connectivity index (χ1) is 15.0. The number of hydrogen-bond donors (Lipinski definition) is 2. The monoisotopic (exact) mass is 498 g/mol. The quantitative estimate of drug-likeness (QED) is 0.446. The number of halogens is 1. The van der Waals surface area contributed by atoms with Crippen molar-refractivity contribution in [1.82, 2.24) is 5.32 Å². The average molecular weight is 499 g/mol. The highest BCUT2D eigenvalue weighted by Crippen LogP contribution is 2.33.